The molecule has 0 radical (unpaired) electrons. The van der Waals surface area contributed by atoms with E-state index in [0.717, 1.165) is 108 Å². The Kier molecular flexibility index (Phi) is 13.3. The van der Waals surface area contributed by atoms with E-state index in [9.17, 15) is 0 Å². The third-order valence-electron chi connectivity index (χ3n) is 13.8. The van der Waals surface area contributed by atoms with Gasteiger partial charge in [0.15, 0.2) is 0 Å². The SMILES string of the molecule is CCc1cccc2nc(-c3ccc(N(c4ccccc4)c4ccc(N(c5ccccc5)c5ccccc5)cc4)cc3)c(-c3ccc(N(c4ccccc4)c4ccc(N(c5ccccc5)c5ccccc5)cc4)cc3)nc12. The standard InChI is InChI=1S/C70H54N6/c1-2-52-22-21-35-67-68(52)72-70(54-38-42-62(43-39-54)76(60-33-19-8-20-34-60)66-50-46-64(47-51-66)74(57-27-13-5-14-28-57)58-29-15-6-16-30-58)69(71-67)53-36-40-61(41-37-53)75(59-31-17-7-18-32-59)65-48-44-63(45-49-65)73(55-23-9-3-10-24-55)56-25-11-4-12-26-56/h3-51H,2H2,1H3. The van der Waals surface area contributed by atoms with Crippen LogP contribution in [0.1, 0.15) is 12.5 Å². The van der Waals surface area contributed by atoms with Crippen molar-refractivity contribution in [2.45, 2.75) is 13.3 Å². The average molecular weight is 979 g/mol. The number of nitrogens with zero attached hydrogens (tertiary/aromatic N) is 6. The first-order valence-corrected chi connectivity index (χ1v) is 25.9. The first kappa shape index (κ1) is 47.0. The number of hydrogen-bond donors (Lipinski definition) is 0. The average Bonchev–Trinajstić information content (AvgIpc) is 3.51. The van der Waals surface area contributed by atoms with Gasteiger partial charge in [-0.05, 0) is 164 Å². The zero-order chi connectivity index (χ0) is 51.0. The highest BCUT2D eigenvalue weighted by molar-refractivity contribution is 5.90. The lowest BCUT2D eigenvalue weighted by Crippen LogP contribution is -2.12. The van der Waals surface area contributed by atoms with E-state index in [1.54, 1.807) is 0 Å². The number of aromatic nitrogens is 2. The molecule has 0 spiro atoms. The van der Waals surface area contributed by atoms with Gasteiger partial charge in [-0.15, -0.1) is 0 Å². The summed E-state index contributed by atoms with van der Waals surface area (Å²) in [6.07, 6.45) is 0.852. The maximum Gasteiger partial charge on any atom is 0.0973 e. The van der Waals surface area contributed by atoms with Crippen LogP contribution in [0.4, 0.5) is 68.2 Å². The number of aryl methyl sites for hydroxylation is 1. The molecule has 0 fully saturated rings. The molecule has 0 N–H and O–H groups in total. The third-order valence-corrected chi connectivity index (χ3v) is 13.8. The summed E-state index contributed by atoms with van der Waals surface area (Å²) in [4.78, 5) is 20.1. The molecule has 0 saturated heterocycles. The van der Waals surface area contributed by atoms with Crippen LogP contribution in [0.5, 0.6) is 0 Å². The predicted octanol–water partition coefficient (Wildman–Crippen LogP) is 19.4. The van der Waals surface area contributed by atoms with Gasteiger partial charge in [0, 0.05) is 79.4 Å². The molecular formula is C70H54N6. The first-order valence-electron chi connectivity index (χ1n) is 25.9. The molecule has 12 aromatic rings. The van der Waals surface area contributed by atoms with Crippen LogP contribution in [-0.4, -0.2) is 9.97 Å². The molecule has 0 aliphatic heterocycles. The van der Waals surface area contributed by atoms with Crippen LogP contribution >= 0.6 is 0 Å². The van der Waals surface area contributed by atoms with Crippen LogP contribution in [0.15, 0.2) is 297 Å². The molecule has 0 saturated carbocycles. The fourth-order valence-corrected chi connectivity index (χ4v) is 10.1. The van der Waals surface area contributed by atoms with E-state index >= 15 is 0 Å². The Bertz CT molecular complexity index is 3730. The van der Waals surface area contributed by atoms with Crippen molar-refractivity contribution < 1.29 is 0 Å². The van der Waals surface area contributed by atoms with Crippen LogP contribution < -0.4 is 19.6 Å². The molecule has 0 atom stereocenters. The Labute approximate surface area is 445 Å². The van der Waals surface area contributed by atoms with Gasteiger partial charge in [-0.3, -0.25) is 0 Å². The summed E-state index contributed by atoms with van der Waals surface area (Å²) in [5.41, 5.74) is 19.4. The molecule has 6 nitrogen and oxygen atoms in total. The fraction of sp³-hybridized carbons (Fsp3) is 0.0286. The lowest BCUT2D eigenvalue weighted by molar-refractivity contribution is 1.14. The van der Waals surface area contributed by atoms with Crippen LogP contribution in [-0.2, 0) is 6.42 Å². The Balaban J connectivity index is 0.898. The van der Waals surface area contributed by atoms with Gasteiger partial charge in [-0.1, -0.05) is 153 Å². The minimum absolute atomic E-state index is 0.828. The number of anilines is 12. The van der Waals surface area contributed by atoms with E-state index < -0.39 is 0 Å². The highest BCUT2D eigenvalue weighted by Crippen LogP contribution is 2.43. The van der Waals surface area contributed by atoms with Crippen molar-refractivity contribution in [3.63, 3.8) is 0 Å². The summed E-state index contributed by atoms with van der Waals surface area (Å²) in [5, 5.41) is 0. The predicted molar refractivity (Wildman–Crippen MR) is 319 cm³/mol. The van der Waals surface area contributed by atoms with Crippen LogP contribution in [0, 0.1) is 0 Å². The number of para-hydroxylation sites is 7. The number of fused-ring (bicyclic) bond motifs is 1. The zero-order valence-corrected chi connectivity index (χ0v) is 42.2. The van der Waals surface area contributed by atoms with Crippen LogP contribution in [0.25, 0.3) is 33.5 Å². The van der Waals surface area contributed by atoms with E-state index in [0.29, 0.717) is 0 Å². The number of hydrogen-bond acceptors (Lipinski definition) is 6. The highest BCUT2D eigenvalue weighted by Gasteiger charge is 2.21. The molecule has 76 heavy (non-hydrogen) atoms. The van der Waals surface area contributed by atoms with Crippen molar-refractivity contribution in [2.75, 3.05) is 19.6 Å². The van der Waals surface area contributed by atoms with Crippen molar-refractivity contribution >= 4 is 79.3 Å². The Hall–Kier alpha value is -10.0. The first-order chi connectivity index (χ1) is 37.7. The summed E-state index contributed by atoms with van der Waals surface area (Å²) in [5.74, 6) is 0. The van der Waals surface area contributed by atoms with Crippen molar-refractivity contribution in [1.82, 2.24) is 9.97 Å². The van der Waals surface area contributed by atoms with Gasteiger partial charge in [-0.25, -0.2) is 9.97 Å². The lowest BCUT2D eigenvalue weighted by atomic mass is 10.0. The van der Waals surface area contributed by atoms with Crippen molar-refractivity contribution in [3.05, 3.63) is 303 Å². The molecule has 12 rings (SSSR count). The second kappa shape index (κ2) is 21.6. The number of benzene rings is 11. The Morgan fingerprint density at radius 1 is 0.237 bits per heavy atom. The molecule has 6 heteroatoms. The van der Waals surface area contributed by atoms with E-state index in [-0.39, 0.29) is 0 Å². The molecule has 0 aliphatic carbocycles. The molecule has 0 amide bonds. The fourth-order valence-electron chi connectivity index (χ4n) is 10.1. The molecule has 0 unspecified atom stereocenters. The van der Waals surface area contributed by atoms with E-state index in [1.165, 1.54) is 5.56 Å². The molecule has 364 valence electrons. The zero-order valence-electron chi connectivity index (χ0n) is 42.2. The lowest BCUT2D eigenvalue weighted by Gasteiger charge is -2.28. The second-order valence-electron chi connectivity index (χ2n) is 18.5. The summed E-state index contributed by atoms with van der Waals surface area (Å²) in [6, 6.07) is 105. The topological polar surface area (TPSA) is 38.7 Å². The van der Waals surface area contributed by atoms with Gasteiger partial charge in [0.05, 0.1) is 22.4 Å². The van der Waals surface area contributed by atoms with Gasteiger partial charge in [0.2, 0.25) is 0 Å². The largest absolute Gasteiger partial charge is 0.311 e. The minimum Gasteiger partial charge on any atom is -0.311 e. The maximum absolute atomic E-state index is 5.48. The summed E-state index contributed by atoms with van der Waals surface area (Å²) in [6.45, 7) is 2.18. The van der Waals surface area contributed by atoms with Crippen LogP contribution in [0.3, 0.4) is 0 Å². The highest BCUT2D eigenvalue weighted by atomic mass is 15.2. The number of rotatable bonds is 15. The monoisotopic (exact) mass is 978 g/mol. The Morgan fingerprint density at radius 3 is 0.737 bits per heavy atom. The van der Waals surface area contributed by atoms with E-state index in [4.69, 9.17) is 9.97 Å². The van der Waals surface area contributed by atoms with Crippen molar-refractivity contribution in [2.24, 2.45) is 0 Å². The summed E-state index contributed by atoms with van der Waals surface area (Å²) >= 11 is 0. The van der Waals surface area contributed by atoms with Crippen LogP contribution in [0.2, 0.25) is 0 Å². The smallest absolute Gasteiger partial charge is 0.0973 e. The van der Waals surface area contributed by atoms with Gasteiger partial charge >= 0.3 is 0 Å². The van der Waals surface area contributed by atoms with Crippen molar-refractivity contribution in [3.8, 4) is 22.5 Å². The second-order valence-corrected chi connectivity index (χ2v) is 18.5. The maximum atomic E-state index is 5.48. The van der Waals surface area contributed by atoms with Gasteiger partial charge < -0.3 is 19.6 Å². The normalized spacial score (nSPS) is 11.0. The van der Waals surface area contributed by atoms with E-state index in [2.05, 4.69) is 324 Å². The molecule has 0 aliphatic rings. The minimum atomic E-state index is 0.828. The summed E-state index contributed by atoms with van der Waals surface area (Å²) < 4.78 is 0. The van der Waals surface area contributed by atoms with Gasteiger partial charge in [0.1, 0.15) is 0 Å². The Morgan fingerprint density at radius 2 is 0.474 bits per heavy atom. The third kappa shape index (κ3) is 9.67. The quantitative estimate of drug-likeness (QED) is 0.102. The molecule has 1 heterocycles. The molecular weight excluding hydrogens is 925 g/mol. The van der Waals surface area contributed by atoms with Gasteiger partial charge in [0.25, 0.3) is 0 Å². The van der Waals surface area contributed by atoms with Crippen molar-refractivity contribution in [1.29, 1.82) is 0 Å². The molecule has 11 aromatic carbocycles. The van der Waals surface area contributed by atoms with E-state index in [1.807, 2.05) is 0 Å². The molecule has 0 bridgehead atoms. The summed E-state index contributed by atoms with van der Waals surface area (Å²) in [7, 11) is 0. The van der Waals surface area contributed by atoms with Gasteiger partial charge in [-0.2, -0.15) is 0 Å². The molecule has 1 aromatic heterocycles.